The summed E-state index contributed by atoms with van der Waals surface area (Å²) in [7, 11) is 0. The van der Waals surface area contributed by atoms with Gasteiger partial charge < -0.3 is 15.0 Å². The highest BCUT2D eigenvalue weighted by molar-refractivity contribution is 5.85. The molecule has 0 aliphatic carbocycles. The second kappa shape index (κ2) is 7.67. The fourth-order valence-electron chi connectivity index (χ4n) is 1.58. The van der Waals surface area contributed by atoms with Crippen molar-refractivity contribution in [2.45, 2.75) is 6.92 Å². The van der Waals surface area contributed by atoms with E-state index >= 15 is 0 Å². The van der Waals surface area contributed by atoms with Gasteiger partial charge in [0.25, 0.3) is 0 Å². The average Bonchev–Trinajstić information content (AvgIpc) is 2.87. The summed E-state index contributed by atoms with van der Waals surface area (Å²) in [6.07, 6.45) is 2.14. The number of ether oxygens (including phenoxy) is 1. The Labute approximate surface area is 122 Å². The third-order valence-corrected chi connectivity index (χ3v) is 2.71. The number of benzene rings is 1. The summed E-state index contributed by atoms with van der Waals surface area (Å²) in [5.41, 5.74) is 7.65. The summed E-state index contributed by atoms with van der Waals surface area (Å²) in [5.74, 6) is 1.38. The molecule has 4 nitrogen and oxygen atoms in total. The molecule has 6 heteroatoms. The predicted molar refractivity (Wildman–Crippen MR) is 77.7 cm³/mol. The van der Waals surface area contributed by atoms with Gasteiger partial charge in [0.2, 0.25) is 0 Å². The summed E-state index contributed by atoms with van der Waals surface area (Å²) >= 11 is 0. The highest BCUT2D eigenvalue weighted by Gasteiger charge is 2.07. The quantitative estimate of drug-likeness (QED) is 0.920. The lowest BCUT2D eigenvalue weighted by Gasteiger charge is -2.07. The van der Waals surface area contributed by atoms with Crippen molar-refractivity contribution in [1.29, 1.82) is 0 Å². The molecule has 0 spiro atoms. The highest BCUT2D eigenvalue weighted by atomic mass is 35.5. The van der Waals surface area contributed by atoms with Crippen molar-refractivity contribution in [1.82, 2.24) is 5.16 Å². The van der Waals surface area contributed by atoms with Gasteiger partial charge in [0, 0.05) is 23.2 Å². The molecule has 0 saturated carbocycles. The number of halogens is 2. The minimum absolute atomic E-state index is 0. The van der Waals surface area contributed by atoms with Crippen LogP contribution < -0.4 is 10.5 Å². The van der Waals surface area contributed by atoms with Crippen LogP contribution in [0.2, 0.25) is 0 Å². The van der Waals surface area contributed by atoms with Crippen LogP contribution in [0.3, 0.4) is 0 Å². The van der Waals surface area contributed by atoms with Crippen LogP contribution >= 0.6 is 12.4 Å². The molecule has 0 unspecified atom stereocenters. The minimum atomic E-state index is 0. The molecule has 0 atom stereocenters. The zero-order valence-corrected chi connectivity index (χ0v) is 11.8. The molecule has 0 aliphatic rings. The van der Waals surface area contributed by atoms with E-state index in [1.165, 1.54) is 0 Å². The van der Waals surface area contributed by atoms with Crippen LogP contribution in [0.25, 0.3) is 11.3 Å². The molecule has 1 aromatic carbocycles. The van der Waals surface area contributed by atoms with Gasteiger partial charge >= 0.3 is 0 Å². The van der Waals surface area contributed by atoms with Gasteiger partial charge in [-0.25, -0.2) is 4.39 Å². The molecule has 0 aliphatic heterocycles. The molecule has 2 rings (SSSR count). The van der Waals surface area contributed by atoms with Crippen LogP contribution in [0.1, 0.15) is 5.56 Å². The van der Waals surface area contributed by atoms with Gasteiger partial charge in [-0.15, -0.1) is 12.4 Å². The van der Waals surface area contributed by atoms with E-state index in [1.54, 1.807) is 18.3 Å². The van der Waals surface area contributed by atoms with E-state index in [9.17, 15) is 4.39 Å². The normalized spacial score (nSPS) is 11.1. The van der Waals surface area contributed by atoms with Crippen molar-refractivity contribution in [2.24, 2.45) is 5.73 Å². The first-order chi connectivity index (χ1) is 9.24. The number of hydrogen-bond acceptors (Lipinski definition) is 4. The maximum Gasteiger partial charge on any atom is 0.169 e. The van der Waals surface area contributed by atoms with E-state index in [1.807, 2.05) is 19.1 Å². The Balaban J connectivity index is 0.00000200. The minimum Gasteiger partial charge on any atom is -0.489 e. The van der Waals surface area contributed by atoms with Crippen LogP contribution in [-0.2, 0) is 0 Å². The van der Waals surface area contributed by atoms with Gasteiger partial charge in [0.1, 0.15) is 12.4 Å². The third-order valence-electron chi connectivity index (χ3n) is 2.71. The average molecular weight is 299 g/mol. The van der Waals surface area contributed by atoms with E-state index in [-0.39, 0.29) is 25.6 Å². The molecule has 20 heavy (non-hydrogen) atoms. The number of aryl methyl sites for hydroxylation is 1. The molecule has 1 heterocycles. The van der Waals surface area contributed by atoms with Gasteiger partial charge in [-0.05, 0) is 31.2 Å². The Morgan fingerprint density at radius 3 is 2.60 bits per heavy atom. The predicted octanol–water partition coefficient (Wildman–Crippen LogP) is 3.26. The highest BCUT2D eigenvalue weighted by Crippen LogP contribution is 2.25. The van der Waals surface area contributed by atoms with Crippen LogP contribution in [0.5, 0.6) is 5.75 Å². The van der Waals surface area contributed by atoms with Gasteiger partial charge in [-0.3, -0.25) is 0 Å². The molecule has 2 N–H and O–H groups in total. The Kier molecular flexibility index (Phi) is 6.21. The van der Waals surface area contributed by atoms with Crippen LogP contribution in [0, 0.1) is 6.92 Å². The van der Waals surface area contributed by atoms with Crippen LogP contribution in [0.15, 0.2) is 46.9 Å². The molecule has 0 bridgehead atoms. The zero-order chi connectivity index (χ0) is 13.7. The Bertz CT molecular complexity index is 567. The van der Waals surface area contributed by atoms with Gasteiger partial charge in [-0.2, -0.15) is 0 Å². The largest absolute Gasteiger partial charge is 0.489 e. The smallest absolute Gasteiger partial charge is 0.169 e. The first kappa shape index (κ1) is 16.2. The fourth-order valence-corrected chi connectivity index (χ4v) is 1.58. The van der Waals surface area contributed by atoms with Crippen molar-refractivity contribution in [3.63, 3.8) is 0 Å². The summed E-state index contributed by atoms with van der Waals surface area (Å²) < 4.78 is 22.9. The number of nitrogens with zero attached hydrogens (tertiary/aromatic N) is 1. The third kappa shape index (κ3) is 3.82. The lowest BCUT2D eigenvalue weighted by atomic mass is 10.1. The van der Waals surface area contributed by atoms with Crippen molar-refractivity contribution in [2.75, 3.05) is 13.2 Å². The van der Waals surface area contributed by atoms with Crippen molar-refractivity contribution < 1.29 is 13.7 Å². The SMILES string of the molecule is Cc1cnoc1-c1ccc(OC/C(=C/F)CN)cc1.Cl. The molecule has 0 amide bonds. The maximum absolute atomic E-state index is 12.3. The zero-order valence-electron chi connectivity index (χ0n) is 11.0. The first-order valence-electron chi connectivity index (χ1n) is 5.87. The van der Waals surface area contributed by atoms with Gasteiger partial charge in [0.15, 0.2) is 5.76 Å². The molecule has 0 radical (unpaired) electrons. The lowest BCUT2D eigenvalue weighted by Crippen LogP contribution is -2.10. The number of hydrogen-bond donors (Lipinski definition) is 1. The van der Waals surface area contributed by atoms with Crippen LogP contribution in [-0.4, -0.2) is 18.3 Å². The van der Waals surface area contributed by atoms with E-state index in [2.05, 4.69) is 5.16 Å². The van der Waals surface area contributed by atoms with E-state index in [4.69, 9.17) is 15.0 Å². The van der Waals surface area contributed by atoms with E-state index < -0.39 is 0 Å². The summed E-state index contributed by atoms with van der Waals surface area (Å²) in [6, 6.07) is 7.32. The van der Waals surface area contributed by atoms with Crippen molar-refractivity contribution >= 4 is 12.4 Å². The lowest BCUT2D eigenvalue weighted by molar-refractivity contribution is 0.347. The summed E-state index contributed by atoms with van der Waals surface area (Å²) in [5, 5.41) is 3.73. The molecule has 2 aromatic rings. The second-order valence-corrected chi connectivity index (χ2v) is 4.12. The number of nitrogens with two attached hydrogens (primary N) is 1. The maximum atomic E-state index is 12.3. The first-order valence-corrected chi connectivity index (χ1v) is 5.87. The van der Waals surface area contributed by atoms with E-state index in [0.717, 1.165) is 16.9 Å². The molecule has 0 saturated heterocycles. The Morgan fingerprint density at radius 1 is 1.40 bits per heavy atom. The van der Waals surface area contributed by atoms with Gasteiger partial charge in [0.05, 0.1) is 12.5 Å². The Hall–Kier alpha value is -1.85. The van der Waals surface area contributed by atoms with Crippen molar-refractivity contribution in [3.05, 3.63) is 47.9 Å². The van der Waals surface area contributed by atoms with Gasteiger partial charge in [-0.1, -0.05) is 5.16 Å². The second-order valence-electron chi connectivity index (χ2n) is 4.12. The van der Waals surface area contributed by atoms with Crippen molar-refractivity contribution in [3.8, 4) is 17.1 Å². The van der Waals surface area contributed by atoms with E-state index in [0.29, 0.717) is 17.7 Å². The fraction of sp³-hybridized carbons (Fsp3) is 0.214. The molecule has 0 fully saturated rings. The van der Waals surface area contributed by atoms with Crippen LogP contribution in [0.4, 0.5) is 4.39 Å². The number of aromatic nitrogens is 1. The molecular formula is C14H16ClFN2O2. The molecular weight excluding hydrogens is 283 g/mol. The monoisotopic (exact) mass is 298 g/mol. The molecule has 1 aromatic heterocycles. The standard InChI is InChI=1S/C14H15FN2O2.ClH/c1-10-8-17-19-14(10)12-2-4-13(5-3-12)18-9-11(6-15)7-16;/h2-6,8H,7,9,16H2,1H3;1H/b11-6+;. The molecule has 108 valence electrons. The Morgan fingerprint density at radius 2 is 2.10 bits per heavy atom. The topological polar surface area (TPSA) is 61.3 Å². The summed E-state index contributed by atoms with van der Waals surface area (Å²) in [6.45, 7) is 2.22. The number of rotatable bonds is 5. The summed E-state index contributed by atoms with van der Waals surface area (Å²) in [4.78, 5) is 0.